The zero-order valence-electron chi connectivity index (χ0n) is 32.7. The van der Waals surface area contributed by atoms with Crippen LogP contribution in [-0.2, 0) is 0 Å². The largest absolute Gasteiger partial charge is 0.310 e. The lowest BCUT2D eigenvalue weighted by Gasteiger charge is -2.30. The molecule has 1 aliphatic carbocycles. The molecule has 0 atom stereocenters. The average Bonchev–Trinajstić information content (AvgIpc) is 3.58. The first kappa shape index (κ1) is 33.4. The van der Waals surface area contributed by atoms with Crippen molar-refractivity contribution in [2.24, 2.45) is 0 Å². The first-order valence-corrected chi connectivity index (χ1v) is 20.1. The van der Waals surface area contributed by atoms with E-state index >= 15 is 0 Å². The number of hydrogen-bond donors (Lipinski definition) is 0. The van der Waals surface area contributed by atoms with Gasteiger partial charge in [0.1, 0.15) is 0 Å². The number of anilines is 3. The smallest absolute Gasteiger partial charge is 0.0541 e. The molecular formula is C55H42N2. The second-order valence-electron chi connectivity index (χ2n) is 16.1. The van der Waals surface area contributed by atoms with Gasteiger partial charge in [-0.15, -0.1) is 0 Å². The Morgan fingerprint density at radius 3 is 1.61 bits per heavy atom. The summed E-state index contributed by atoms with van der Waals surface area (Å²) in [6.07, 6.45) is 0. The second kappa shape index (κ2) is 12.8. The Labute approximate surface area is 333 Å². The number of aryl methyl sites for hydroxylation is 2. The number of rotatable bonds is 6. The summed E-state index contributed by atoms with van der Waals surface area (Å²) in [6.45, 7) is 9.02. The van der Waals surface area contributed by atoms with E-state index in [0.717, 1.165) is 5.69 Å². The van der Waals surface area contributed by atoms with Crippen molar-refractivity contribution in [3.8, 4) is 39.1 Å². The van der Waals surface area contributed by atoms with Crippen LogP contribution in [0.2, 0.25) is 0 Å². The molecule has 1 aliphatic rings. The van der Waals surface area contributed by atoms with Crippen molar-refractivity contribution >= 4 is 60.4 Å². The van der Waals surface area contributed by atoms with Crippen LogP contribution in [0, 0.1) is 13.8 Å². The number of benzene rings is 9. The van der Waals surface area contributed by atoms with E-state index in [0.29, 0.717) is 5.92 Å². The summed E-state index contributed by atoms with van der Waals surface area (Å²) in [6, 6.07) is 65.6. The molecule has 0 bridgehead atoms. The summed E-state index contributed by atoms with van der Waals surface area (Å²) in [4.78, 5) is 2.48. The SMILES string of the molecule is Cc1ccc(-c2ccccc2)cc1N(c1ccc2cc3c(cc2c1)-c1cc2ccc(-n4c5ccccc5c5ccccc54)cc2cc1-3)c1cc(C(C)C)ccc1C. The molecule has 10 aromatic rings. The highest BCUT2D eigenvalue weighted by Crippen LogP contribution is 2.51. The number of nitrogens with zero attached hydrogens (tertiary/aromatic N) is 2. The van der Waals surface area contributed by atoms with Gasteiger partial charge in [-0.2, -0.15) is 0 Å². The lowest BCUT2D eigenvalue weighted by molar-refractivity contribution is 0.865. The molecule has 0 amide bonds. The third-order valence-electron chi connectivity index (χ3n) is 12.3. The van der Waals surface area contributed by atoms with Gasteiger partial charge in [0.2, 0.25) is 0 Å². The number of fused-ring (bicyclic) bond motifs is 9. The molecule has 0 radical (unpaired) electrons. The highest BCUT2D eigenvalue weighted by atomic mass is 15.1. The molecule has 11 rings (SSSR count). The van der Waals surface area contributed by atoms with Crippen LogP contribution in [0.25, 0.3) is 82.4 Å². The minimum absolute atomic E-state index is 0.426. The van der Waals surface area contributed by atoms with Gasteiger partial charge in [-0.05, 0) is 164 Å². The van der Waals surface area contributed by atoms with Gasteiger partial charge < -0.3 is 9.47 Å². The average molecular weight is 731 g/mol. The van der Waals surface area contributed by atoms with Crippen LogP contribution in [0.1, 0.15) is 36.5 Å². The molecule has 1 heterocycles. The van der Waals surface area contributed by atoms with Gasteiger partial charge in [0.15, 0.2) is 0 Å². The number of hydrogen-bond acceptors (Lipinski definition) is 1. The van der Waals surface area contributed by atoms with Gasteiger partial charge in [0, 0.05) is 33.5 Å². The number of aromatic nitrogens is 1. The molecular weight excluding hydrogens is 689 g/mol. The van der Waals surface area contributed by atoms with Gasteiger partial charge in [0.05, 0.1) is 11.0 Å². The Kier molecular flexibility index (Phi) is 7.53. The van der Waals surface area contributed by atoms with E-state index in [2.05, 4.69) is 213 Å². The van der Waals surface area contributed by atoms with E-state index in [9.17, 15) is 0 Å². The fourth-order valence-corrected chi connectivity index (χ4v) is 9.17. The van der Waals surface area contributed by atoms with Crippen molar-refractivity contribution in [1.29, 1.82) is 0 Å². The summed E-state index contributed by atoms with van der Waals surface area (Å²) in [5.41, 5.74) is 18.8. The van der Waals surface area contributed by atoms with Crippen molar-refractivity contribution in [3.63, 3.8) is 0 Å². The summed E-state index contributed by atoms with van der Waals surface area (Å²) in [7, 11) is 0. The van der Waals surface area contributed by atoms with Crippen molar-refractivity contribution in [2.45, 2.75) is 33.6 Å². The normalized spacial score (nSPS) is 12.0. The first-order valence-electron chi connectivity index (χ1n) is 20.1. The van der Waals surface area contributed by atoms with Crippen LogP contribution in [0.4, 0.5) is 17.1 Å². The highest BCUT2D eigenvalue weighted by molar-refractivity contribution is 6.13. The van der Waals surface area contributed by atoms with Crippen LogP contribution >= 0.6 is 0 Å². The van der Waals surface area contributed by atoms with E-state index in [1.54, 1.807) is 0 Å². The topological polar surface area (TPSA) is 8.17 Å². The molecule has 2 nitrogen and oxygen atoms in total. The predicted octanol–water partition coefficient (Wildman–Crippen LogP) is 15.6. The third kappa shape index (κ3) is 5.32. The molecule has 0 unspecified atom stereocenters. The van der Waals surface area contributed by atoms with Gasteiger partial charge in [-0.1, -0.05) is 117 Å². The van der Waals surface area contributed by atoms with Crippen molar-refractivity contribution in [1.82, 2.24) is 4.57 Å². The molecule has 1 aromatic heterocycles. The molecule has 0 aliphatic heterocycles. The minimum Gasteiger partial charge on any atom is -0.310 e. The molecule has 0 saturated carbocycles. The molecule has 272 valence electrons. The van der Waals surface area contributed by atoms with Crippen molar-refractivity contribution in [3.05, 3.63) is 193 Å². The van der Waals surface area contributed by atoms with Gasteiger partial charge in [-0.3, -0.25) is 0 Å². The van der Waals surface area contributed by atoms with Crippen LogP contribution in [0.15, 0.2) is 176 Å². The lowest BCUT2D eigenvalue weighted by atomic mass is 9.78. The Balaban J connectivity index is 1.02. The third-order valence-corrected chi connectivity index (χ3v) is 12.3. The van der Waals surface area contributed by atoms with Crippen LogP contribution in [0.3, 0.4) is 0 Å². The highest BCUT2D eigenvalue weighted by Gasteiger charge is 2.25. The molecule has 0 fully saturated rings. The fourth-order valence-electron chi connectivity index (χ4n) is 9.17. The maximum atomic E-state index is 2.48. The zero-order chi connectivity index (χ0) is 38.4. The molecule has 0 spiro atoms. The monoisotopic (exact) mass is 730 g/mol. The Bertz CT molecular complexity index is 3180. The number of para-hydroxylation sites is 2. The van der Waals surface area contributed by atoms with E-state index in [1.807, 2.05) is 0 Å². The lowest BCUT2D eigenvalue weighted by Crippen LogP contribution is -2.13. The second-order valence-corrected chi connectivity index (χ2v) is 16.1. The Hall–Kier alpha value is -6.90. The zero-order valence-corrected chi connectivity index (χ0v) is 32.7. The predicted molar refractivity (Wildman–Crippen MR) is 244 cm³/mol. The van der Waals surface area contributed by atoms with Gasteiger partial charge in [-0.25, -0.2) is 0 Å². The standard InChI is InChI=1S/C55H42N2/c1-34(2)38-20-18-35(3)54(32-38)57(55-33-41(21-19-36(55)4)37-12-6-5-7-13-37)45-25-23-40-29-49-50-30-42-26-44(24-22-39(42)28-48(50)51(49)31-43(40)27-45)56-52-16-10-8-14-46(52)47-15-9-11-17-53(47)56/h5-34H,1-4H3. The summed E-state index contributed by atoms with van der Waals surface area (Å²) in [5, 5.41) is 7.60. The molecule has 0 saturated heterocycles. The Morgan fingerprint density at radius 2 is 0.965 bits per heavy atom. The molecule has 9 aromatic carbocycles. The van der Waals surface area contributed by atoms with E-state index in [-0.39, 0.29) is 0 Å². The molecule has 2 heteroatoms. The summed E-state index contributed by atoms with van der Waals surface area (Å²) < 4.78 is 2.41. The quantitative estimate of drug-likeness (QED) is 0.165. The van der Waals surface area contributed by atoms with Crippen molar-refractivity contribution < 1.29 is 0 Å². The maximum Gasteiger partial charge on any atom is 0.0541 e. The van der Waals surface area contributed by atoms with Crippen molar-refractivity contribution in [2.75, 3.05) is 4.90 Å². The van der Waals surface area contributed by atoms with Gasteiger partial charge >= 0.3 is 0 Å². The summed E-state index contributed by atoms with van der Waals surface area (Å²) >= 11 is 0. The fraction of sp³-hybridized carbons (Fsp3) is 0.0909. The van der Waals surface area contributed by atoms with Gasteiger partial charge in [0.25, 0.3) is 0 Å². The van der Waals surface area contributed by atoms with Crippen LogP contribution in [-0.4, -0.2) is 4.57 Å². The first-order chi connectivity index (χ1) is 27.9. The maximum absolute atomic E-state index is 2.48. The summed E-state index contributed by atoms with van der Waals surface area (Å²) in [5.74, 6) is 0.426. The van der Waals surface area contributed by atoms with E-state index in [1.165, 1.54) is 110 Å². The minimum atomic E-state index is 0.426. The van der Waals surface area contributed by atoms with E-state index < -0.39 is 0 Å². The molecule has 0 N–H and O–H groups in total. The van der Waals surface area contributed by atoms with Crippen LogP contribution in [0.5, 0.6) is 0 Å². The molecule has 57 heavy (non-hydrogen) atoms. The van der Waals surface area contributed by atoms with Crippen LogP contribution < -0.4 is 4.90 Å². The Morgan fingerprint density at radius 1 is 0.421 bits per heavy atom. The van der Waals surface area contributed by atoms with E-state index in [4.69, 9.17) is 0 Å².